The van der Waals surface area contributed by atoms with Gasteiger partial charge in [0.25, 0.3) is 0 Å². The number of nitrogens with zero attached hydrogens (tertiary/aromatic N) is 3. The van der Waals surface area contributed by atoms with Crippen molar-refractivity contribution in [2.45, 2.75) is 27.6 Å². The van der Waals surface area contributed by atoms with Crippen LogP contribution in [-0.2, 0) is 0 Å². The average molecular weight is 327 g/mol. The van der Waals surface area contributed by atoms with Crippen LogP contribution in [0.4, 0.5) is 0 Å². The van der Waals surface area contributed by atoms with Gasteiger partial charge in [-0.1, -0.05) is 64.9 Å². The van der Waals surface area contributed by atoms with Crippen molar-refractivity contribution in [1.82, 2.24) is 9.91 Å². The summed E-state index contributed by atoms with van der Waals surface area (Å²) in [5.41, 5.74) is 0. The normalized spacial score (nSPS) is 22.1. The van der Waals surface area contributed by atoms with E-state index in [1.165, 1.54) is 0 Å². The minimum absolute atomic E-state index is 0.497. The molecule has 1 heterocycles. The van der Waals surface area contributed by atoms with E-state index in [4.69, 9.17) is 58.0 Å². The second-order valence-electron chi connectivity index (χ2n) is 3.54. The van der Waals surface area contributed by atoms with E-state index >= 15 is 0 Å². The van der Waals surface area contributed by atoms with Crippen molar-refractivity contribution in [3.05, 3.63) is 0 Å². The van der Waals surface area contributed by atoms with E-state index in [2.05, 4.69) is 5.10 Å². The molecule has 0 bridgehead atoms. The minimum atomic E-state index is -1.80. The molecule has 0 spiro atoms. The van der Waals surface area contributed by atoms with Gasteiger partial charge in [-0.2, -0.15) is 5.10 Å². The first-order chi connectivity index (χ1) is 7.21. The van der Waals surface area contributed by atoms with Crippen molar-refractivity contribution in [2.75, 3.05) is 13.6 Å². The number of hydrazone groups is 1. The van der Waals surface area contributed by atoms with Gasteiger partial charge in [0.2, 0.25) is 8.13 Å². The van der Waals surface area contributed by atoms with Crippen LogP contribution in [0.5, 0.6) is 0 Å². The maximum atomic E-state index is 6.15. The lowest BCUT2D eigenvalue weighted by Crippen LogP contribution is -2.55. The van der Waals surface area contributed by atoms with Gasteiger partial charge < -0.3 is 4.90 Å². The lowest BCUT2D eigenvalue weighted by molar-refractivity contribution is 0.143. The number of hydrogen-bond acceptors (Lipinski definition) is 3. The summed E-state index contributed by atoms with van der Waals surface area (Å²) in [6, 6.07) is 0. The van der Waals surface area contributed by atoms with Crippen molar-refractivity contribution in [3.63, 3.8) is 0 Å². The molecule has 0 aromatic heterocycles. The highest BCUT2D eigenvalue weighted by Gasteiger charge is 2.56. The van der Waals surface area contributed by atoms with Crippen molar-refractivity contribution in [1.29, 1.82) is 0 Å². The predicted octanol–water partition coefficient (Wildman–Crippen LogP) is 3.46. The van der Waals surface area contributed by atoms with Crippen LogP contribution >= 0.6 is 58.0 Å². The average Bonchev–Trinajstić information content (AvgIpc) is 2.46. The summed E-state index contributed by atoms with van der Waals surface area (Å²) >= 11 is 29.7. The fraction of sp³-hybridized carbons (Fsp3) is 0.875. The van der Waals surface area contributed by atoms with Crippen molar-refractivity contribution >= 4 is 64.3 Å². The molecule has 0 saturated carbocycles. The van der Waals surface area contributed by atoms with Gasteiger partial charge in [0.15, 0.2) is 6.17 Å². The number of rotatable bonds is 3. The highest BCUT2D eigenvalue weighted by atomic mass is 35.6. The summed E-state index contributed by atoms with van der Waals surface area (Å²) in [7, 11) is 1.73. The molecule has 0 N–H and O–H groups in total. The quantitative estimate of drug-likeness (QED) is 0.739. The van der Waals surface area contributed by atoms with Crippen molar-refractivity contribution < 1.29 is 0 Å². The predicted molar refractivity (Wildman–Crippen MR) is 71.8 cm³/mol. The van der Waals surface area contributed by atoms with Crippen LogP contribution in [0.15, 0.2) is 5.10 Å². The fourth-order valence-electron chi connectivity index (χ4n) is 1.52. The zero-order valence-corrected chi connectivity index (χ0v) is 12.6. The van der Waals surface area contributed by atoms with E-state index in [1.54, 1.807) is 18.4 Å². The SMILES string of the molecule is CCCN1C=NN(C)C1C(Cl)(Cl)C(Cl)(Cl)Cl. The molecule has 0 aromatic carbocycles. The second-order valence-corrected chi connectivity index (χ2v) is 7.20. The molecule has 0 aliphatic carbocycles. The molecule has 0 amide bonds. The van der Waals surface area contributed by atoms with Gasteiger partial charge in [-0.25, -0.2) is 0 Å². The summed E-state index contributed by atoms with van der Waals surface area (Å²) in [5.74, 6) is 0. The van der Waals surface area contributed by atoms with Crippen LogP contribution in [0.1, 0.15) is 13.3 Å². The van der Waals surface area contributed by atoms with E-state index in [9.17, 15) is 0 Å². The highest BCUT2D eigenvalue weighted by Crippen LogP contribution is 2.50. The third-order valence-electron chi connectivity index (χ3n) is 2.23. The van der Waals surface area contributed by atoms with Gasteiger partial charge in [0.05, 0.1) is 0 Å². The van der Waals surface area contributed by atoms with Crippen LogP contribution in [0.25, 0.3) is 0 Å². The van der Waals surface area contributed by atoms with Crippen LogP contribution < -0.4 is 0 Å². The van der Waals surface area contributed by atoms with Crippen LogP contribution in [0.2, 0.25) is 0 Å². The Morgan fingerprint density at radius 2 is 1.81 bits per heavy atom. The lowest BCUT2D eigenvalue weighted by atomic mass is 10.3. The van der Waals surface area contributed by atoms with Gasteiger partial charge in [0.1, 0.15) is 6.34 Å². The number of halogens is 5. The maximum absolute atomic E-state index is 6.15. The van der Waals surface area contributed by atoms with E-state index in [-0.39, 0.29) is 0 Å². The third kappa shape index (κ3) is 2.75. The van der Waals surface area contributed by atoms with E-state index in [0.717, 1.165) is 13.0 Å². The maximum Gasteiger partial charge on any atom is 0.227 e. The molecule has 0 radical (unpaired) electrons. The Morgan fingerprint density at radius 1 is 1.25 bits per heavy atom. The molecule has 1 atom stereocenters. The standard InChI is InChI=1S/C8H12Cl5N3/c1-3-4-16-5-14-15(2)6(16)7(9,10)8(11,12)13/h5-6H,3-4H2,1-2H3. The molecule has 1 aliphatic heterocycles. The van der Waals surface area contributed by atoms with E-state index < -0.39 is 14.3 Å². The first-order valence-corrected chi connectivity index (χ1v) is 6.58. The largest absolute Gasteiger partial charge is 0.337 e. The van der Waals surface area contributed by atoms with Crippen molar-refractivity contribution in [3.8, 4) is 0 Å². The number of hydrogen-bond donors (Lipinski definition) is 0. The molecule has 0 aromatic rings. The van der Waals surface area contributed by atoms with Crippen LogP contribution in [0.3, 0.4) is 0 Å². The van der Waals surface area contributed by atoms with Crippen molar-refractivity contribution in [2.24, 2.45) is 5.10 Å². The smallest absolute Gasteiger partial charge is 0.227 e. The second kappa shape index (κ2) is 5.15. The van der Waals surface area contributed by atoms with Gasteiger partial charge in [0, 0.05) is 13.6 Å². The molecule has 1 aliphatic rings. The van der Waals surface area contributed by atoms with E-state index in [0.29, 0.717) is 0 Å². The Hall–Kier alpha value is 0.720. The molecule has 0 fully saturated rings. The van der Waals surface area contributed by atoms with Gasteiger partial charge >= 0.3 is 0 Å². The summed E-state index contributed by atoms with van der Waals surface area (Å²) in [4.78, 5) is 1.85. The molecular formula is C8H12Cl5N3. The molecular weight excluding hydrogens is 315 g/mol. The molecule has 8 heteroatoms. The zero-order chi connectivity index (χ0) is 12.6. The Kier molecular flexibility index (Phi) is 4.76. The molecule has 1 rings (SSSR count). The molecule has 1 unspecified atom stereocenters. The Morgan fingerprint density at radius 3 is 2.25 bits per heavy atom. The highest BCUT2D eigenvalue weighted by molar-refractivity contribution is 6.75. The Labute approximate surface area is 120 Å². The number of alkyl halides is 5. The fourth-order valence-corrected chi connectivity index (χ4v) is 2.34. The molecule has 3 nitrogen and oxygen atoms in total. The minimum Gasteiger partial charge on any atom is -0.337 e. The summed E-state index contributed by atoms with van der Waals surface area (Å²) < 4.78 is -3.37. The summed E-state index contributed by atoms with van der Waals surface area (Å²) in [6.45, 7) is 2.77. The summed E-state index contributed by atoms with van der Waals surface area (Å²) in [5, 5.41) is 5.67. The first-order valence-electron chi connectivity index (χ1n) is 4.69. The monoisotopic (exact) mass is 325 g/mol. The molecule has 16 heavy (non-hydrogen) atoms. The Bertz CT molecular complexity index is 275. The topological polar surface area (TPSA) is 18.8 Å². The van der Waals surface area contributed by atoms with Gasteiger partial charge in [-0.15, -0.1) is 0 Å². The van der Waals surface area contributed by atoms with Crippen LogP contribution in [0, 0.1) is 0 Å². The van der Waals surface area contributed by atoms with E-state index in [1.807, 2.05) is 11.8 Å². The van der Waals surface area contributed by atoms with Crippen LogP contribution in [-0.4, -0.2) is 44.1 Å². The summed E-state index contributed by atoms with van der Waals surface area (Å²) in [6.07, 6.45) is 2.06. The third-order valence-corrected chi connectivity index (χ3v) is 4.67. The lowest BCUT2D eigenvalue weighted by Gasteiger charge is -2.40. The Balaban J connectivity index is 2.93. The molecule has 94 valence electrons. The van der Waals surface area contributed by atoms with Gasteiger partial charge in [-0.05, 0) is 6.42 Å². The first kappa shape index (κ1) is 14.8. The van der Waals surface area contributed by atoms with Gasteiger partial charge in [-0.3, -0.25) is 5.01 Å². The molecule has 0 saturated heterocycles. The zero-order valence-electron chi connectivity index (χ0n) is 8.80.